The normalized spacial score (nSPS) is 18.5. The molecule has 6 N–H and O–H groups in total. The third-order valence-electron chi connectivity index (χ3n) is 5.26. The van der Waals surface area contributed by atoms with E-state index in [2.05, 4.69) is 20.6 Å². The number of primary amides is 2. The Labute approximate surface area is 180 Å². The van der Waals surface area contributed by atoms with Crippen molar-refractivity contribution in [3.8, 4) is 0 Å². The van der Waals surface area contributed by atoms with Gasteiger partial charge < -0.3 is 22.1 Å². The topological polar surface area (TPSA) is 170 Å². The maximum absolute atomic E-state index is 12.0. The van der Waals surface area contributed by atoms with E-state index in [9.17, 15) is 18.0 Å². The Bertz CT molecular complexity index is 1120. The lowest BCUT2D eigenvalue weighted by atomic mass is 10.0. The van der Waals surface area contributed by atoms with E-state index in [1.807, 2.05) is 6.92 Å². The van der Waals surface area contributed by atoms with Crippen LogP contribution in [0.2, 0.25) is 0 Å². The molecule has 1 aliphatic rings. The fourth-order valence-electron chi connectivity index (χ4n) is 3.68. The largest absolute Gasteiger partial charge is 0.369 e. The molecule has 1 fully saturated rings. The first-order chi connectivity index (χ1) is 14.6. The van der Waals surface area contributed by atoms with E-state index < -0.39 is 15.7 Å². The molecule has 3 rings (SSSR count). The first-order valence-electron chi connectivity index (χ1n) is 9.93. The van der Waals surface area contributed by atoms with Crippen LogP contribution in [-0.2, 0) is 21.1 Å². The summed E-state index contributed by atoms with van der Waals surface area (Å²) in [5.74, 6) is -0.943. The average Bonchev–Trinajstić information content (AvgIpc) is 3.16. The molecule has 10 nitrogen and oxygen atoms in total. The summed E-state index contributed by atoms with van der Waals surface area (Å²) in [6.07, 6.45) is 3.91. The van der Waals surface area contributed by atoms with Gasteiger partial charge in [-0.05, 0) is 37.5 Å². The number of carbonyl (C=O) groups is 2. The highest BCUT2D eigenvalue weighted by Gasteiger charge is 2.32. The highest BCUT2D eigenvalue weighted by molar-refractivity contribution is 7.90. The van der Waals surface area contributed by atoms with Crippen molar-refractivity contribution in [2.24, 2.45) is 17.4 Å². The van der Waals surface area contributed by atoms with Gasteiger partial charge in [-0.25, -0.2) is 18.4 Å². The molecule has 0 saturated heterocycles. The number of benzene rings is 1. The number of rotatable bonds is 8. The van der Waals surface area contributed by atoms with E-state index in [1.165, 1.54) is 12.1 Å². The number of aromatic nitrogens is 2. The summed E-state index contributed by atoms with van der Waals surface area (Å²) in [6.45, 7) is 1.86. The summed E-state index contributed by atoms with van der Waals surface area (Å²) in [5, 5.41) is 6.20. The molecular formula is C20H26N6O4S. The van der Waals surface area contributed by atoms with Gasteiger partial charge in [-0.3, -0.25) is 9.59 Å². The molecule has 2 aromatic rings. The zero-order chi connectivity index (χ0) is 22.8. The molecule has 0 aliphatic heterocycles. The summed E-state index contributed by atoms with van der Waals surface area (Å²) in [4.78, 5) is 32.8. The van der Waals surface area contributed by atoms with Gasteiger partial charge in [0.2, 0.25) is 5.91 Å². The van der Waals surface area contributed by atoms with Crippen LogP contribution in [0.5, 0.6) is 0 Å². The third-order valence-corrected chi connectivity index (χ3v) is 6.37. The predicted molar refractivity (Wildman–Crippen MR) is 117 cm³/mol. The van der Waals surface area contributed by atoms with Crippen molar-refractivity contribution in [3.05, 3.63) is 35.7 Å². The van der Waals surface area contributed by atoms with Crippen LogP contribution < -0.4 is 22.1 Å². The van der Waals surface area contributed by atoms with Gasteiger partial charge in [-0.2, -0.15) is 0 Å². The number of anilines is 3. The lowest BCUT2D eigenvalue weighted by Crippen LogP contribution is -2.35. The molecule has 1 saturated carbocycles. The van der Waals surface area contributed by atoms with Crippen molar-refractivity contribution < 1.29 is 18.0 Å². The van der Waals surface area contributed by atoms with E-state index in [0.717, 1.165) is 19.1 Å². The molecule has 11 heteroatoms. The van der Waals surface area contributed by atoms with Gasteiger partial charge in [0.15, 0.2) is 27.2 Å². The van der Waals surface area contributed by atoms with Crippen LogP contribution in [0.15, 0.2) is 29.2 Å². The smallest absolute Gasteiger partial charge is 0.271 e. The molecule has 0 spiro atoms. The third kappa shape index (κ3) is 5.10. The Balaban J connectivity index is 2.00. The van der Waals surface area contributed by atoms with Crippen LogP contribution in [0.4, 0.5) is 17.3 Å². The highest BCUT2D eigenvalue weighted by atomic mass is 32.2. The fourth-order valence-corrected chi connectivity index (χ4v) is 4.35. The Kier molecular flexibility index (Phi) is 6.44. The molecule has 0 radical (unpaired) electrons. The fraction of sp³-hybridized carbons (Fsp3) is 0.400. The lowest BCUT2D eigenvalue weighted by Gasteiger charge is -2.21. The monoisotopic (exact) mass is 446 g/mol. The second kappa shape index (κ2) is 8.88. The van der Waals surface area contributed by atoms with Crippen molar-refractivity contribution in [2.45, 2.75) is 43.5 Å². The van der Waals surface area contributed by atoms with E-state index in [-0.39, 0.29) is 34.3 Å². The number of amides is 2. The van der Waals surface area contributed by atoms with Crippen molar-refractivity contribution in [1.29, 1.82) is 0 Å². The van der Waals surface area contributed by atoms with Crippen molar-refractivity contribution in [1.82, 2.24) is 9.97 Å². The lowest BCUT2D eigenvalue weighted by molar-refractivity contribution is -0.121. The quantitative estimate of drug-likeness (QED) is 0.471. The van der Waals surface area contributed by atoms with E-state index >= 15 is 0 Å². The van der Waals surface area contributed by atoms with E-state index in [0.29, 0.717) is 30.0 Å². The molecule has 2 amide bonds. The molecule has 0 bridgehead atoms. The molecular weight excluding hydrogens is 420 g/mol. The molecule has 166 valence electrons. The molecule has 31 heavy (non-hydrogen) atoms. The van der Waals surface area contributed by atoms with Crippen LogP contribution in [-0.4, -0.2) is 42.5 Å². The Morgan fingerprint density at radius 1 is 1.16 bits per heavy atom. The Morgan fingerprint density at radius 3 is 2.52 bits per heavy atom. The van der Waals surface area contributed by atoms with Gasteiger partial charge in [-0.1, -0.05) is 19.4 Å². The second-order valence-electron chi connectivity index (χ2n) is 7.55. The minimum Gasteiger partial charge on any atom is -0.369 e. The maximum atomic E-state index is 12.0. The van der Waals surface area contributed by atoms with Crippen molar-refractivity contribution in [3.63, 3.8) is 0 Å². The Morgan fingerprint density at radius 2 is 1.90 bits per heavy atom. The molecule has 1 aromatic carbocycles. The number of aryl methyl sites for hydroxylation is 1. The molecule has 1 aromatic heterocycles. The van der Waals surface area contributed by atoms with Crippen molar-refractivity contribution >= 4 is 39.0 Å². The Hall–Kier alpha value is -3.21. The molecule has 1 heterocycles. The van der Waals surface area contributed by atoms with Gasteiger partial charge in [0.25, 0.3) is 5.91 Å². The molecule has 1 aliphatic carbocycles. The van der Waals surface area contributed by atoms with Crippen molar-refractivity contribution in [2.75, 3.05) is 16.9 Å². The van der Waals surface area contributed by atoms with Crippen LogP contribution in [0.1, 0.15) is 42.4 Å². The SMILES string of the molecule is CCc1nc(C(N)=O)c(Nc2cccc(S(C)(=O)=O)c2)nc1N[C@H]1CCC[C@H]1C(N)=O. The van der Waals surface area contributed by atoms with Crippen LogP contribution in [0.3, 0.4) is 0 Å². The standard InChI is InChI=1S/C20H26N6O4S/c1-3-14-19(25-15-9-5-8-13(15)17(21)27)26-20(16(24-14)18(22)28)23-11-6-4-7-12(10-11)31(2,29)30/h4,6-7,10,13,15H,3,5,8-9H2,1-2H3,(H2,21,27)(H2,22,28)(H2,23,25,26)/t13-,15+/m1/s1. The summed E-state index contributed by atoms with van der Waals surface area (Å²) in [7, 11) is -3.42. The number of sulfone groups is 1. The highest BCUT2D eigenvalue weighted by Crippen LogP contribution is 2.30. The van der Waals surface area contributed by atoms with Crippen LogP contribution >= 0.6 is 0 Å². The number of carbonyl (C=O) groups excluding carboxylic acids is 2. The molecule has 0 unspecified atom stereocenters. The van der Waals surface area contributed by atoms with Crippen LogP contribution in [0.25, 0.3) is 0 Å². The minimum absolute atomic E-state index is 0.0648. The summed E-state index contributed by atoms with van der Waals surface area (Å²) >= 11 is 0. The number of nitrogens with zero attached hydrogens (tertiary/aromatic N) is 2. The maximum Gasteiger partial charge on any atom is 0.271 e. The number of hydrogen-bond donors (Lipinski definition) is 4. The van der Waals surface area contributed by atoms with E-state index in [1.54, 1.807) is 12.1 Å². The molecule has 2 atom stereocenters. The van der Waals surface area contributed by atoms with Gasteiger partial charge in [-0.15, -0.1) is 0 Å². The van der Waals surface area contributed by atoms with Gasteiger partial charge in [0.05, 0.1) is 16.5 Å². The first-order valence-corrected chi connectivity index (χ1v) is 11.8. The van der Waals surface area contributed by atoms with Gasteiger partial charge in [0, 0.05) is 18.0 Å². The second-order valence-corrected chi connectivity index (χ2v) is 9.57. The summed E-state index contributed by atoms with van der Waals surface area (Å²) in [6, 6.07) is 5.94. The van der Waals surface area contributed by atoms with Crippen LogP contribution in [0, 0.1) is 5.92 Å². The predicted octanol–water partition coefficient (Wildman–Crippen LogP) is 1.35. The zero-order valence-electron chi connectivity index (χ0n) is 17.4. The average molecular weight is 447 g/mol. The van der Waals surface area contributed by atoms with Gasteiger partial charge >= 0.3 is 0 Å². The zero-order valence-corrected chi connectivity index (χ0v) is 18.2. The first kappa shape index (κ1) is 22.5. The minimum atomic E-state index is -3.42. The van der Waals surface area contributed by atoms with E-state index in [4.69, 9.17) is 11.5 Å². The summed E-state index contributed by atoms with van der Waals surface area (Å²) in [5.41, 5.74) is 11.9. The number of nitrogens with one attached hydrogen (secondary N) is 2. The number of nitrogens with two attached hydrogens (primary N) is 2. The number of hydrogen-bond acceptors (Lipinski definition) is 8. The van der Waals surface area contributed by atoms with Gasteiger partial charge in [0.1, 0.15) is 0 Å². The summed E-state index contributed by atoms with van der Waals surface area (Å²) < 4.78 is 23.7.